The molecular weight excluding hydrogens is 410 g/mol. The van der Waals surface area contributed by atoms with Gasteiger partial charge in [0.15, 0.2) is 0 Å². The zero-order valence-electron chi connectivity index (χ0n) is 17.8. The van der Waals surface area contributed by atoms with Crippen molar-refractivity contribution < 1.29 is 8.78 Å². The SMILES string of the molecule is Cc1cnc(N2CCC(c3cnc(Cn4ccc5cc(N)cc(F)c54)c(F)c3)CC2)nc1. The van der Waals surface area contributed by atoms with Gasteiger partial charge in [0, 0.05) is 49.0 Å². The van der Waals surface area contributed by atoms with Gasteiger partial charge in [0.05, 0.1) is 17.8 Å². The standard InChI is InChI=1S/C24H24F2N6/c1-15-11-29-24(30-12-15)31-5-2-16(3-6-31)18-9-20(25)22(28-13-18)14-32-7-4-17-8-19(27)10-21(26)23(17)32/h4,7-13,16H,2-3,5-6,14,27H2,1H3. The van der Waals surface area contributed by atoms with Crippen LogP contribution < -0.4 is 10.6 Å². The lowest BCUT2D eigenvalue weighted by Gasteiger charge is -2.32. The number of halogens is 2. The summed E-state index contributed by atoms with van der Waals surface area (Å²) in [5, 5.41) is 0.684. The molecule has 164 valence electrons. The molecule has 1 aromatic carbocycles. The van der Waals surface area contributed by atoms with Crippen LogP contribution in [0.1, 0.15) is 35.6 Å². The molecule has 4 aromatic rings. The fourth-order valence-electron chi connectivity index (χ4n) is 4.39. The van der Waals surface area contributed by atoms with Crippen molar-refractivity contribution in [3.8, 4) is 0 Å². The summed E-state index contributed by atoms with van der Waals surface area (Å²) in [6.07, 6.45) is 8.88. The normalized spacial score (nSPS) is 14.9. The van der Waals surface area contributed by atoms with Gasteiger partial charge < -0.3 is 15.2 Å². The molecule has 1 aliphatic rings. The van der Waals surface area contributed by atoms with E-state index in [1.165, 1.54) is 6.07 Å². The number of anilines is 2. The van der Waals surface area contributed by atoms with Crippen molar-refractivity contribution in [1.29, 1.82) is 0 Å². The molecule has 0 atom stereocenters. The maximum absolute atomic E-state index is 14.9. The fourth-order valence-corrected chi connectivity index (χ4v) is 4.39. The number of aromatic nitrogens is 4. The van der Waals surface area contributed by atoms with Crippen LogP contribution in [-0.4, -0.2) is 32.6 Å². The van der Waals surface area contributed by atoms with Crippen molar-refractivity contribution in [1.82, 2.24) is 19.5 Å². The van der Waals surface area contributed by atoms with Gasteiger partial charge in [0.2, 0.25) is 5.95 Å². The first kappa shape index (κ1) is 20.4. The first-order valence-electron chi connectivity index (χ1n) is 10.7. The molecule has 8 heteroatoms. The van der Waals surface area contributed by atoms with E-state index in [1.54, 1.807) is 35.2 Å². The Balaban J connectivity index is 1.29. The summed E-state index contributed by atoms with van der Waals surface area (Å²) in [6.45, 7) is 3.75. The van der Waals surface area contributed by atoms with Gasteiger partial charge in [-0.1, -0.05) is 0 Å². The summed E-state index contributed by atoms with van der Waals surface area (Å²) in [5.41, 5.74) is 8.69. The van der Waals surface area contributed by atoms with Crippen LogP contribution in [0, 0.1) is 18.6 Å². The van der Waals surface area contributed by atoms with Crippen LogP contribution in [0.25, 0.3) is 10.9 Å². The summed E-state index contributed by atoms with van der Waals surface area (Å²) in [4.78, 5) is 15.3. The first-order valence-corrected chi connectivity index (χ1v) is 10.7. The third-order valence-corrected chi connectivity index (χ3v) is 6.11. The van der Waals surface area contributed by atoms with Gasteiger partial charge in [-0.05, 0) is 61.1 Å². The molecule has 0 saturated carbocycles. The van der Waals surface area contributed by atoms with Crippen molar-refractivity contribution in [3.05, 3.63) is 77.5 Å². The minimum atomic E-state index is -0.425. The second kappa shape index (κ2) is 8.18. The Morgan fingerprint density at radius 2 is 1.75 bits per heavy atom. The zero-order valence-corrected chi connectivity index (χ0v) is 17.8. The second-order valence-corrected chi connectivity index (χ2v) is 8.40. The molecular formula is C24H24F2N6. The molecule has 0 radical (unpaired) electrons. The van der Waals surface area contributed by atoms with Gasteiger partial charge in [-0.15, -0.1) is 0 Å². The van der Waals surface area contributed by atoms with Crippen LogP contribution >= 0.6 is 0 Å². The van der Waals surface area contributed by atoms with E-state index in [0.717, 1.165) is 43.0 Å². The number of nitrogen functional groups attached to an aromatic ring is 1. The zero-order chi connectivity index (χ0) is 22.2. The van der Waals surface area contributed by atoms with Crippen molar-refractivity contribution >= 4 is 22.5 Å². The molecule has 0 amide bonds. The molecule has 0 aliphatic carbocycles. The molecule has 1 fully saturated rings. The number of hydrogen-bond donors (Lipinski definition) is 1. The highest BCUT2D eigenvalue weighted by molar-refractivity contribution is 5.84. The van der Waals surface area contributed by atoms with Crippen LogP contribution in [0.15, 0.2) is 49.1 Å². The van der Waals surface area contributed by atoms with E-state index in [2.05, 4.69) is 19.9 Å². The molecule has 0 bridgehead atoms. The quantitative estimate of drug-likeness (QED) is 0.481. The molecule has 4 heterocycles. The molecule has 0 unspecified atom stereocenters. The number of aryl methyl sites for hydroxylation is 1. The van der Waals surface area contributed by atoms with Crippen molar-refractivity contribution in [2.45, 2.75) is 32.2 Å². The number of nitrogens with two attached hydrogens (primary N) is 1. The van der Waals surface area contributed by atoms with Gasteiger partial charge in [-0.2, -0.15) is 0 Å². The maximum atomic E-state index is 14.9. The van der Waals surface area contributed by atoms with Crippen LogP contribution in [-0.2, 0) is 6.54 Å². The Labute approximate surface area is 184 Å². The van der Waals surface area contributed by atoms with E-state index < -0.39 is 5.82 Å². The molecule has 5 rings (SSSR count). The Bertz CT molecular complexity index is 1260. The number of rotatable bonds is 4. The van der Waals surface area contributed by atoms with Crippen LogP contribution in [0.4, 0.5) is 20.4 Å². The number of nitrogens with zero attached hydrogens (tertiary/aromatic N) is 5. The van der Waals surface area contributed by atoms with Crippen LogP contribution in [0.3, 0.4) is 0 Å². The van der Waals surface area contributed by atoms with Gasteiger partial charge >= 0.3 is 0 Å². The molecule has 1 aliphatic heterocycles. The third kappa shape index (κ3) is 3.88. The predicted octanol–water partition coefficient (Wildman–Crippen LogP) is 4.43. The van der Waals surface area contributed by atoms with Gasteiger partial charge in [0.1, 0.15) is 11.6 Å². The minimum Gasteiger partial charge on any atom is -0.399 e. The van der Waals surface area contributed by atoms with Gasteiger partial charge in [-0.25, -0.2) is 18.7 Å². The van der Waals surface area contributed by atoms with E-state index in [9.17, 15) is 8.78 Å². The van der Waals surface area contributed by atoms with Crippen molar-refractivity contribution in [2.75, 3.05) is 23.7 Å². The molecule has 6 nitrogen and oxygen atoms in total. The van der Waals surface area contributed by atoms with Crippen molar-refractivity contribution in [3.63, 3.8) is 0 Å². The second-order valence-electron chi connectivity index (χ2n) is 8.40. The topological polar surface area (TPSA) is 72.9 Å². The summed E-state index contributed by atoms with van der Waals surface area (Å²) in [7, 11) is 0. The summed E-state index contributed by atoms with van der Waals surface area (Å²) < 4.78 is 31.0. The molecule has 32 heavy (non-hydrogen) atoms. The van der Waals surface area contributed by atoms with Crippen LogP contribution in [0.2, 0.25) is 0 Å². The highest BCUT2D eigenvalue weighted by Gasteiger charge is 2.23. The Morgan fingerprint density at radius 1 is 1.00 bits per heavy atom. The predicted molar refractivity (Wildman–Crippen MR) is 121 cm³/mol. The number of benzene rings is 1. The maximum Gasteiger partial charge on any atom is 0.225 e. The van der Waals surface area contributed by atoms with Gasteiger partial charge in [-0.3, -0.25) is 4.98 Å². The molecule has 0 spiro atoms. The number of pyridine rings is 1. The third-order valence-electron chi connectivity index (χ3n) is 6.11. The summed E-state index contributed by atoms with van der Waals surface area (Å²) in [5.74, 6) is 0.179. The lowest BCUT2D eigenvalue weighted by Crippen LogP contribution is -2.34. The molecule has 3 aromatic heterocycles. The lowest BCUT2D eigenvalue weighted by atomic mass is 9.90. The Hall–Kier alpha value is -3.55. The van der Waals surface area contributed by atoms with E-state index in [0.29, 0.717) is 16.6 Å². The van der Waals surface area contributed by atoms with Crippen molar-refractivity contribution in [2.24, 2.45) is 0 Å². The van der Waals surface area contributed by atoms with E-state index >= 15 is 0 Å². The summed E-state index contributed by atoms with van der Waals surface area (Å²) >= 11 is 0. The number of piperidine rings is 1. The number of fused-ring (bicyclic) bond motifs is 1. The lowest BCUT2D eigenvalue weighted by molar-refractivity contribution is 0.492. The molecule has 1 saturated heterocycles. The van der Waals surface area contributed by atoms with E-state index in [4.69, 9.17) is 5.73 Å². The highest BCUT2D eigenvalue weighted by atomic mass is 19.1. The summed E-state index contributed by atoms with van der Waals surface area (Å²) in [6, 6.07) is 6.33. The van der Waals surface area contributed by atoms with Gasteiger partial charge in [0.25, 0.3) is 0 Å². The smallest absolute Gasteiger partial charge is 0.225 e. The number of hydrogen-bond acceptors (Lipinski definition) is 5. The Kier molecular flexibility index (Phi) is 5.20. The average molecular weight is 434 g/mol. The monoisotopic (exact) mass is 434 g/mol. The highest BCUT2D eigenvalue weighted by Crippen LogP contribution is 2.30. The Morgan fingerprint density at radius 3 is 2.47 bits per heavy atom. The van der Waals surface area contributed by atoms with Crippen LogP contribution in [0.5, 0.6) is 0 Å². The fraction of sp³-hybridized carbons (Fsp3) is 0.292. The first-order chi connectivity index (χ1) is 15.5. The average Bonchev–Trinajstić information content (AvgIpc) is 3.18. The minimum absolute atomic E-state index is 0.152. The van der Waals surface area contributed by atoms with E-state index in [1.807, 2.05) is 19.3 Å². The largest absolute Gasteiger partial charge is 0.399 e. The van der Waals surface area contributed by atoms with E-state index in [-0.39, 0.29) is 24.0 Å². The molecule has 2 N–H and O–H groups in total.